The van der Waals surface area contributed by atoms with Gasteiger partial charge in [-0.3, -0.25) is 19.3 Å². The number of imide groups is 1. The number of carbonyl (C=O) groups is 3. The maximum Gasteiger partial charge on any atom is 0.288 e. The van der Waals surface area contributed by atoms with Gasteiger partial charge < -0.3 is 5.32 Å². The van der Waals surface area contributed by atoms with E-state index < -0.39 is 0 Å². The predicted octanol–water partition coefficient (Wildman–Crippen LogP) is 1.51. The summed E-state index contributed by atoms with van der Waals surface area (Å²) < 4.78 is 0. The first-order chi connectivity index (χ1) is 9.66. The molecule has 1 saturated heterocycles. The monoisotopic (exact) mass is 290 g/mol. The molecule has 1 aliphatic heterocycles. The predicted molar refractivity (Wildman–Crippen MR) is 78.1 cm³/mol. The first-order valence-corrected chi connectivity index (χ1v) is 7.13. The number of thioether (sulfide) groups is 1. The zero-order valence-electron chi connectivity index (χ0n) is 10.7. The fraction of sp³-hybridized carbons (Fsp3) is 0.214. The second kappa shape index (κ2) is 6.91. The van der Waals surface area contributed by atoms with Crippen LogP contribution in [-0.2, 0) is 9.59 Å². The Labute approximate surface area is 121 Å². The molecule has 6 heteroatoms. The summed E-state index contributed by atoms with van der Waals surface area (Å²) in [5.41, 5.74) is 0.934. The van der Waals surface area contributed by atoms with Crippen LogP contribution in [-0.4, -0.2) is 40.8 Å². The van der Waals surface area contributed by atoms with Gasteiger partial charge in [0, 0.05) is 19.2 Å². The van der Waals surface area contributed by atoms with Crippen LogP contribution in [0.15, 0.2) is 36.4 Å². The zero-order valence-corrected chi connectivity index (χ0v) is 11.6. The number of hydrogen-bond donors (Lipinski definition) is 1. The second-order valence-electron chi connectivity index (χ2n) is 4.14. The Balaban J connectivity index is 1.74. The maximum atomic E-state index is 11.6. The highest BCUT2D eigenvalue weighted by atomic mass is 32.2. The first-order valence-electron chi connectivity index (χ1n) is 6.15. The third kappa shape index (κ3) is 3.96. The van der Waals surface area contributed by atoms with E-state index in [4.69, 9.17) is 0 Å². The van der Waals surface area contributed by atoms with E-state index in [2.05, 4.69) is 5.32 Å². The third-order valence-corrected chi connectivity index (χ3v) is 3.56. The average molecular weight is 290 g/mol. The van der Waals surface area contributed by atoms with Crippen molar-refractivity contribution in [2.75, 3.05) is 18.8 Å². The van der Waals surface area contributed by atoms with Gasteiger partial charge in [0.1, 0.15) is 0 Å². The van der Waals surface area contributed by atoms with Gasteiger partial charge in [0.15, 0.2) is 0 Å². The molecule has 1 heterocycles. The molecule has 0 bridgehead atoms. The van der Waals surface area contributed by atoms with Crippen molar-refractivity contribution in [1.82, 2.24) is 10.2 Å². The summed E-state index contributed by atoms with van der Waals surface area (Å²) >= 11 is 0.991. The molecule has 1 aromatic rings. The first kappa shape index (κ1) is 14.3. The van der Waals surface area contributed by atoms with Crippen LogP contribution in [0.1, 0.15) is 5.56 Å². The van der Waals surface area contributed by atoms with Crippen molar-refractivity contribution < 1.29 is 14.4 Å². The van der Waals surface area contributed by atoms with Gasteiger partial charge in [0.2, 0.25) is 11.8 Å². The summed E-state index contributed by atoms with van der Waals surface area (Å²) in [4.78, 5) is 35.4. The van der Waals surface area contributed by atoms with Crippen LogP contribution in [0.25, 0.3) is 6.08 Å². The van der Waals surface area contributed by atoms with Crippen molar-refractivity contribution in [3.63, 3.8) is 0 Å². The Hall–Kier alpha value is -2.08. The number of benzene rings is 1. The molecule has 0 radical (unpaired) electrons. The summed E-state index contributed by atoms with van der Waals surface area (Å²) in [7, 11) is 0. The highest BCUT2D eigenvalue weighted by Crippen LogP contribution is 2.17. The topological polar surface area (TPSA) is 66.5 Å². The highest BCUT2D eigenvalue weighted by molar-refractivity contribution is 8.14. The van der Waals surface area contributed by atoms with E-state index in [0.717, 1.165) is 22.2 Å². The van der Waals surface area contributed by atoms with Gasteiger partial charge in [0.05, 0.1) is 5.75 Å². The van der Waals surface area contributed by atoms with Crippen molar-refractivity contribution in [2.45, 2.75) is 0 Å². The summed E-state index contributed by atoms with van der Waals surface area (Å²) in [5.74, 6) is -0.254. The molecule has 0 atom stereocenters. The van der Waals surface area contributed by atoms with Gasteiger partial charge >= 0.3 is 0 Å². The largest absolute Gasteiger partial charge is 0.351 e. The fourth-order valence-electron chi connectivity index (χ4n) is 1.68. The van der Waals surface area contributed by atoms with Crippen molar-refractivity contribution >= 4 is 34.9 Å². The standard InChI is InChI=1S/C14H14N2O3S/c17-12(7-6-11-4-2-1-3-5-11)15-8-9-16-13(18)10-20-14(16)19/h1-7H,8-10H2,(H,15,17)/b7-6+. The van der Waals surface area contributed by atoms with E-state index in [9.17, 15) is 14.4 Å². The molecule has 0 aliphatic carbocycles. The minimum Gasteiger partial charge on any atom is -0.351 e. The average Bonchev–Trinajstić information content (AvgIpc) is 2.78. The molecule has 1 aliphatic rings. The van der Waals surface area contributed by atoms with E-state index >= 15 is 0 Å². The normalized spacial score (nSPS) is 15.1. The van der Waals surface area contributed by atoms with Crippen molar-refractivity contribution in [3.05, 3.63) is 42.0 Å². The Kier molecular flexibility index (Phi) is 4.95. The molecule has 1 fully saturated rings. The van der Waals surface area contributed by atoms with Gasteiger partial charge in [0.25, 0.3) is 5.24 Å². The van der Waals surface area contributed by atoms with E-state index in [-0.39, 0.29) is 35.9 Å². The van der Waals surface area contributed by atoms with Gasteiger partial charge in [-0.1, -0.05) is 42.1 Å². The van der Waals surface area contributed by atoms with Crippen LogP contribution in [0.3, 0.4) is 0 Å². The summed E-state index contributed by atoms with van der Waals surface area (Å²) in [6.45, 7) is 0.478. The smallest absolute Gasteiger partial charge is 0.288 e. The van der Waals surface area contributed by atoms with E-state index in [0.29, 0.717) is 0 Å². The lowest BCUT2D eigenvalue weighted by molar-refractivity contribution is -0.125. The Morgan fingerprint density at radius 2 is 2.05 bits per heavy atom. The van der Waals surface area contributed by atoms with Crippen molar-refractivity contribution in [3.8, 4) is 0 Å². The molecule has 3 amide bonds. The molecule has 0 aromatic heterocycles. The molecule has 1 N–H and O–H groups in total. The molecule has 1 aromatic carbocycles. The van der Waals surface area contributed by atoms with Crippen LogP contribution in [0, 0.1) is 0 Å². The number of carbonyl (C=O) groups excluding carboxylic acids is 3. The molecule has 0 saturated carbocycles. The highest BCUT2D eigenvalue weighted by Gasteiger charge is 2.29. The molecular formula is C14H14N2O3S. The van der Waals surface area contributed by atoms with Gasteiger partial charge in [-0.05, 0) is 11.6 Å². The van der Waals surface area contributed by atoms with Gasteiger partial charge in [-0.25, -0.2) is 0 Å². The molecule has 0 spiro atoms. The quantitative estimate of drug-likeness (QED) is 0.835. The Morgan fingerprint density at radius 1 is 1.30 bits per heavy atom. The van der Waals surface area contributed by atoms with Crippen LogP contribution in [0.4, 0.5) is 4.79 Å². The van der Waals surface area contributed by atoms with Gasteiger partial charge in [-0.15, -0.1) is 0 Å². The third-order valence-electron chi connectivity index (χ3n) is 2.70. The number of amides is 3. The molecule has 20 heavy (non-hydrogen) atoms. The Morgan fingerprint density at radius 3 is 2.70 bits per heavy atom. The van der Waals surface area contributed by atoms with Crippen LogP contribution >= 0.6 is 11.8 Å². The summed E-state index contributed by atoms with van der Waals surface area (Å²) in [5, 5.41) is 2.39. The lowest BCUT2D eigenvalue weighted by Gasteiger charge is -2.12. The molecule has 5 nitrogen and oxygen atoms in total. The van der Waals surface area contributed by atoms with E-state index in [1.807, 2.05) is 30.3 Å². The van der Waals surface area contributed by atoms with Crippen LogP contribution in [0.2, 0.25) is 0 Å². The van der Waals surface area contributed by atoms with Crippen molar-refractivity contribution in [2.24, 2.45) is 0 Å². The van der Waals surface area contributed by atoms with Gasteiger partial charge in [-0.2, -0.15) is 0 Å². The number of nitrogens with one attached hydrogen (secondary N) is 1. The maximum absolute atomic E-state index is 11.6. The molecule has 0 unspecified atom stereocenters. The van der Waals surface area contributed by atoms with Crippen molar-refractivity contribution in [1.29, 1.82) is 0 Å². The molecule has 2 rings (SSSR count). The molecular weight excluding hydrogens is 276 g/mol. The SMILES string of the molecule is O=C(/C=C/c1ccccc1)NCCN1C(=O)CSC1=O. The van der Waals surface area contributed by atoms with E-state index in [1.54, 1.807) is 6.08 Å². The lowest BCUT2D eigenvalue weighted by atomic mass is 10.2. The fourth-order valence-corrected chi connectivity index (χ4v) is 2.43. The second-order valence-corrected chi connectivity index (χ2v) is 5.06. The van der Waals surface area contributed by atoms with Crippen LogP contribution < -0.4 is 5.32 Å². The number of nitrogens with zero attached hydrogens (tertiary/aromatic N) is 1. The van der Waals surface area contributed by atoms with E-state index in [1.165, 1.54) is 6.08 Å². The minimum atomic E-state index is -0.249. The number of rotatable bonds is 5. The molecule has 104 valence electrons. The zero-order chi connectivity index (χ0) is 14.4. The minimum absolute atomic E-state index is 0.195. The summed E-state index contributed by atoms with van der Waals surface area (Å²) in [6, 6.07) is 9.46. The number of hydrogen-bond acceptors (Lipinski definition) is 4. The lowest BCUT2D eigenvalue weighted by Crippen LogP contribution is -2.37. The van der Waals surface area contributed by atoms with Crippen LogP contribution in [0.5, 0.6) is 0 Å². The summed E-state index contributed by atoms with van der Waals surface area (Å²) in [6.07, 6.45) is 3.13. The Bertz CT molecular complexity index is 527.